The van der Waals surface area contributed by atoms with Crippen LogP contribution in [0.5, 0.6) is 0 Å². The number of rotatable bonds is 4. The number of benzene rings is 2. The molecule has 0 aromatic heterocycles. The standard InChI is InChI=1S/2C15H14O3.Cu/c2*1-9(2)7-8-12-13(16)10-5-3-4-6-11(10)14(17)15(12)18;/h2*3-7,16H,8H2,1-2H3;. The molecule has 0 fully saturated rings. The molecule has 0 amide bonds. The van der Waals surface area contributed by atoms with Gasteiger partial charge in [-0.2, -0.15) is 0 Å². The van der Waals surface area contributed by atoms with Crippen LogP contribution in [0.25, 0.3) is 11.5 Å². The van der Waals surface area contributed by atoms with Crippen LogP contribution in [0.4, 0.5) is 0 Å². The van der Waals surface area contributed by atoms with E-state index in [0.717, 1.165) is 11.1 Å². The molecule has 0 saturated heterocycles. The average Bonchev–Trinajstić information content (AvgIpc) is 2.86. The third-order valence-corrected chi connectivity index (χ3v) is 5.81. The fraction of sp³-hybridized carbons (Fsp3) is 0.200. The zero-order chi connectivity index (χ0) is 26.6. The second-order valence-electron chi connectivity index (χ2n) is 9.03. The molecule has 37 heavy (non-hydrogen) atoms. The van der Waals surface area contributed by atoms with Crippen LogP contribution in [0.1, 0.15) is 72.4 Å². The van der Waals surface area contributed by atoms with E-state index in [1.54, 1.807) is 48.5 Å². The van der Waals surface area contributed by atoms with E-state index in [9.17, 15) is 29.4 Å². The largest absolute Gasteiger partial charge is 0.507 e. The number of aliphatic hydroxyl groups is 2. The predicted octanol–water partition coefficient (Wildman–Crippen LogP) is 6.15. The number of hydrogen-bond acceptors (Lipinski definition) is 6. The molecule has 2 N–H and O–H groups in total. The van der Waals surface area contributed by atoms with Crippen LogP contribution in [0.2, 0.25) is 0 Å². The molecule has 6 nitrogen and oxygen atoms in total. The average molecular weight is 548 g/mol. The van der Waals surface area contributed by atoms with Crippen LogP contribution in [0.15, 0.2) is 83.0 Å². The number of carbonyl (C=O) groups excluding carboxylic acids is 4. The Kier molecular flexibility index (Phi) is 9.89. The maximum atomic E-state index is 11.9. The maximum Gasteiger partial charge on any atom is 0.234 e. The van der Waals surface area contributed by atoms with E-state index in [-0.39, 0.29) is 63.7 Å². The van der Waals surface area contributed by atoms with Gasteiger partial charge >= 0.3 is 0 Å². The summed E-state index contributed by atoms with van der Waals surface area (Å²) in [6, 6.07) is 13.2. The van der Waals surface area contributed by atoms with Crippen LogP contribution in [0.3, 0.4) is 0 Å². The first kappa shape index (κ1) is 29.4. The van der Waals surface area contributed by atoms with Gasteiger partial charge in [0, 0.05) is 50.5 Å². The predicted molar refractivity (Wildman–Crippen MR) is 139 cm³/mol. The second kappa shape index (κ2) is 12.4. The quantitative estimate of drug-likeness (QED) is 0.270. The van der Waals surface area contributed by atoms with E-state index < -0.39 is 23.1 Å². The summed E-state index contributed by atoms with van der Waals surface area (Å²) in [5.41, 5.74) is 3.88. The topological polar surface area (TPSA) is 109 Å². The van der Waals surface area contributed by atoms with Crippen LogP contribution in [-0.2, 0) is 26.7 Å². The molecule has 7 heteroatoms. The van der Waals surface area contributed by atoms with Crippen molar-refractivity contribution in [2.45, 2.75) is 40.5 Å². The molecule has 2 aliphatic rings. The van der Waals surface area contributed by atoms with Crippen LogP contribution in [-0.4, -0.2) is 33.3 Å². The van der Waals surface area contributed by atoms with Gasteiger partial charge in [-0.05, 0) is 40.5 Å². The fourth-order valence-electron chi connectivity index (χ4n) is 3.83. The van der Waals surface area contributed by atoms with Crippen molar-refractivity contribution < 1.29 is 46.5 Å². The van der Waals surface area contributed by atoms with E-state index >= 15 is 0 Å². The smallest absolute Gasteiger partial charge is 0.234 e. The second-order valence-corrected chi connectivity index (χ2v) is 9.03. The van der Waals surface area contributed by atoms with Gasteiger partial charge in [-0.1, -0.05) is 71.8 Å². The summed E-state index contributed by atoms with van der Waals surface area (Å²) in [7, 11) is 0. The van der Waals surface area contributed by atoms with Crippen molar-refractivity contribution in [1.82, 2.24) is 0 Å². The Morgan fingerprint density at radius 3 is 1.16 bits per heavy atom. The van der Waals surface area contributed by atoms with Crippen molar-refractivity contribution in [3.63, 3.8) is 0 Å². The van der Waals surface area contributed by atoms with Crippen molar-refractivity contribution >= 4 is 34.7 Å². The minimum atomic E-state index is -0.608. The molecule has 4 rings (SSSR count). The van der Waals surface area contributed by atoms with E-state index in [1.165, 1.54) is 0 Å². The Morgan fingerprint density at radius 1 is 0.568 bits per heavy atom. The summed E-state index contributed by atoms with van der Waals surface area (Å²) in [5, 5.41) is 20.2. The van der Waals surface area contributed by atoms with Gasteiger partial charge in [0.2, 0.25) is 23.1 Å². The van der Waals surface area contributed by atoms with Gasteiger partial charge in [0.05, 0.1) is 0 Å². The molecule has 0 saturated carbocycles. The van der Waals surface area contributed by atoms with E-state index in [4.69, 9.17) is 0 Å². The molecule has 195 valence electrons. The zero-order valence-electron chi connectivity index (χ0n) is 21.0. The number of Topliss-reactive ketones (excluding diaryl/α,β-unsaturated/α-hetero) is 4. The molecule has 2 aromatic carbocycles. The number of hydrogen-bond donors (Lipinski definition) is 2. The Bertz CT molecular complexity index is 1290. The van der Waals surface area contributed by atoms with Crippen molar-refractivity contribution in [1.29, 1.82) is 0 Å². The van der Waals surface area contributed by atoms with Crippen molar-refractivity contribution in [2.75, 3.05) is 0 Å². The molecule has 0 spiro atoms. The summed E-state index contributed by atoms with van der Waals surface area (Å²) in [6.45, 7) is 7.61. The molecular weight excluding hydrogens is 520 g/mol. The van der Waals surface area contributed by atoms with Gasteiger partial charge in [-0.3, -0.25) is 19.2 Å². The van der Waals surface area contributed by atoms with Crippen molar-refractivity contribution in [3.8, 4) is 0 Å². The molecule has 0 bridgehead atoms. The van der Waals surface area contributed by atoms with Gasteiger partial charge in [0.1, 0.15) is 11.5 Å². The van der Waals surface area contributed by atoms with Crippen molar-refractivity contribution in [3.05, 3.63) is 105 Å². The van der Waals surface area contributed by atoms with Gasteiger partial charge in [-0.15, -0.1) is 0 Å². The third-order valence-electron chi connectivity index (χ3n) is 5.81. The first-order chi connectivity index (χ1) is 17.0. The van der Waals surface area contributed by atoms with Gasteiger partial charge in [-0.25, -0.2) is 0 Å². The van der Waals surface area contributed by atoms with Crippen molar-refractivity contribution in [2.24, 2.45) is 0 Å². The Balaban J connectivity index is 0.000000253. The minimum Gasteiger partial charge on any atom is -0.507 e. The zero-order valence-corrected chi connectivity index (χ0v) is 22.0. The summed E-state index contributed by atoms with van der Waals surface area (Å²) < 4.78 is 0. The van der Waals surface area contributed by atoms with Gasteiger partial charge in [0.15, 0.2) is 0 Å². The number of ketones is 4. The molecule has 0 atom stereocenters. The van der Waals surface area contributed by atoms with Crippen LogP contribution < -0.4 is 0 Å². The van der Waals surface area contributed by atoms with E-state index in [0.29, 0.717) is 11.1 Å². The summed E-state index contributed by atoms with van der Waals surface area (Å²) in [4.78, 5) is 47.6. The SMILES string of the molecule is CC(C)=CCC1=C(O)c2ccccc2C(=O)C1=O.CC(C)=CCC1=C(O)c2ccccc2C(=O)C1=O.[Cu]. The van der Waals surface area contributed by atoms with Crippen LogP contribution in [0, 0.1) is 0 Å². The number of fused-ring (bicyclic) bond motifs is 2. The van der Waals surface area contributed by atoms with E-state index in [1.807, 2.05) is 39.8 Å². The summed E-state index contributed by atoms with van der Waals surface area (Å²) in [6.07, 6.45) is 4.22. The summed E-state index contributed by atoms with van der Waals surface area (Å²) in [5.74, 6) is -2.45. The third kappa shape index (κ3) is 6.31. The molecule has 2 aliphatic carbocycles. The van der Waals surface area contributed by atoms with Gasteiger partial charge in [0.25, 0.3) is 0 Å². The van der Waals surface area contributed by atoms with Crippen LogP contribution >= 0.6 is 0 Å². The molecular formula is C30H28CuO6. The van der Waals surface area contributed by atoms with E-state index in [2.05, 4.69) is 0 Å². The fourth-order valence-corrected chi connectivity index (χ4v) is 3.83. The Hall–Kier alpha value is -3.80. The normalized spacial score (nSPS) is 14.2. The van der Waals surface area contributed by atoms with Gasteiger partial charge < -0.3 is 10.2 Å². The molecule has 0 unspecified atom stereocenters. The number of allylic oxidation sites excluding steroid dienone is 6. The maximum absolute atomic E-state index is 11.9. The molecule has 1 radical (unpaired) electrons. The Labute approximate surface area is 226 Å². The number of aliphatic hydroxyl groups excluding tert-OH is 2. The first-order valence-electron chi connectivity index (χ1n) is 11.5. The number of carbonyl (C=O) groups is 4. The molecule has 0 heterocycles. The molecule has 2 aromatic rings. The Morgan fingerprint density at radius 2 is 0.865 bits per heavy atom. The monoisotopic (exact) mass is 547 g/mol. The first-order valence-corrected chi connectivity index (χ1v) is 11.5. The minimum absolute atomic E-state index is 0. The summed E-state index contributed by atoms with van der Waals surface area (Å²) >= 11 is 0. The molecule has 0 aliphatic heterocycles.